The molecular formula is C24H28N2O5. The number of carboxylic acids is 2. The fourth-order valence-corrected chi connectivity index (χ4v) is 2.77. The number of hydrogen-bond acceptors (Lipinski definition) is 5. The van der Waals surface area contributed by atoms with Gasteiger partial charge < -0.3 is 19.8 Å². The molecule has 7 heteroatoms. The molecular weight excluding hydrogens is 396 g/mol. The Labute approximate surface area is 181 Å². The van der Waals surface area contributed by atoms with Gasteiger partial charge in [-0.15, -0.1) is 0 Å². The molecule has 0 aliphatic rings. The fraction of sp³-hybridized carbons (Fsp3) is 0.292. The molecule has 31 heavy (non-hydrogen) atoms. The Morgan fingerprint density at radius 3 is 2.06 bits per heavy atom. The lowest BCUT2D eigenvalue weighted by molar-refractivity contribution is -0.159. The molecule has 0 saturated carbocycles. The van der Waals surface area contributed by atoms with Crippen LogP contribution in [0, 0.1) is 6.92 Å². The SMILES string of the molecule is Cc1c(-c2ccccc2)c(OCC(C)(C)N(C)C)nc2ccccc12.O=C(O)C(=O)O. The van der Waals surface area contributed by atoms with Crippen LogP contribution in [0.1, 0.15) is 19.4 Å². The molecule has 0 unspecified atom stereocenters. The van der Waals surface area contributed by atoms with Gasteiger partial charge in [-0.3, -0.25) is 0 Å². The van der Waals surface area contributed by atoms with Crippen LogP contribution in [0.15, 0.2) is 54.6 Å². The van der Waals surface area contributed by atoms with E-state index in [1.807, 2.05) is 18.2 Å². The van der Waals surface area contributed by atoms with Crippen LogP contribution in [0.3, 0.4) is 0 Å². The Morgan fingerprint density at radius 1 is 0.968 bits per heavy atom. The average Bonchev–Trinajstić information content (AvgIpc) is 2.73. The zero-order chi connectivity index (χ0) is 23.2. The van der Waals surface area contributed by atoms with Crippen molar-refractivity contribution in [2.45, 2.75) is 26.3 Å². The molecule has 0 fully saturated rings. The number of benzene rings is 2. The van der Waals surface area contributed by atoms with Gasteiger partial charge in [-0.2, -0.15) is 0 Å². The van der Waals surface area contributed by atoms with Crippen LogP contribution in [0.4, 0.5) is 0 Å². The predicted molar refractivity (Wildman–Crippen MR) is 120 cm³/mol. The Hall–Kier alpha value is -3.45. The van der Waals surface area contributed by atoms with Gasteiger partial charge in [0.15, 0.2) is 0 Å². The molecule has 7 nitrogen and oxygen atoms in total. The first-order valence-electron chi connectivity index (χ1n) is 9.76. The Morgan fingerprint density at radius 2 is 1.52 bits per heavy atom. The highest BCUT2D eigenvalue weighted by Crippen LogP contribution is 2.36. The highest BCUT2D eigenvalue weighted by molar-refractivity contribution is 6.27. The number of para-hydroxylation sites is 1. The van der Waals surface area contributed by atoms with Crippen molar-refractivity contribution in [2.24, 2.45) is 0 Å². The highest BCUT2D eigenvalue weighted by Gasteiger charge is 2.23. The molecule has 0 saturated heterocycles. The molecule has 2 aromatic carbocycles. The van der Waals surface area contributed by atoms with Gasteiger partial charge in [0.05, 0.1) is 5.52 Å². The third-order valence-electron chi connectivity index (χ3n) is 5.14. The van der Waals surface area contributed by atoms with Gasteiger partial charge in [0.2, 0.25) is 5.88 Å². The second-order valence-electron chi connectivity index (χ2n) is 7.91. The number of pyridine rings is 1. The van der Waals surface area contributed by atoms with Crippen LogP contribution in [-0.2, 0) is 9.59 Å². The van der Waals surface area contributed by atoms with Crippen LogP contribution >= 0.6 is 0 Å². The first-order chi connectivity index (χ1) is 14.5. The number of aromatic nitrogens is 1. The van der Waals surface area contributed by atoms with Gasteiger partial charge in [-0.25, -0.2) is 14.6 Å². The van der Waals surface area contributed by atoms with Crippen LogP contribution < -0.4 is 4.74 Å². The molecule has 0 aliphatic carbocycles. The minimum absolute atomic E-state index is 0.0742. The second-order valence-corrected chi connectivity index (χ2v) is 7.91. The van der Waals surface area contributed by atoms with Gasteiger partial charge in [0.25, 0.3) is 0 Å². The maximum atomic E-state index is 9.10. The lowest BCUT2D eigenvalue weighted by atomic mass is 9.98. The Balaban J connectivity index is 0.000000501. The van der Waals surface area contributed by atoms with Crippen molar-refractivity contribution in [3.63, 3.8) is 0 Å². The van der Waals surface area contributed by atoms with E-state index in [2.05, 4.69) is 76.2 Å². The molecule has 1 heterocycles. The molecule has 0 spiro atoms. The third kappa shape index (κ3) is 6.02. The standard InChI is InChI=1S/C22H26N2O.C2H2O4/c1-16-18-13-9-10-14-19(18)23-21(25-15-22(2,3)24(4)5)20(16)17-11-7-6-8-12-17;3-1(4)2(5)6/h6-14H,15H2,1-5H3;(H,3,4)(H,5,6). The summed E-state index contributed by atoms with van der Waals surface area (Å²) in [6.45, 7) is 7.06. The van der Waals surface area contributed by atoms with Gasteiger partial charge in [-0.1, -0.05) is 48.5 Å². The minimum atomic E-state index is -1.82. The number of likely N-dealkylation sites (N-methyl/N-ethyl adjacent to an activating group) is 1. The summed E-state index contributed by atoms with van der Waals surface area (Å²) in [6, 6.07) is 18.6. The average molecular weight is 424 g/mol. The Kier molecular flexibility index (Phi) is 7.72. The molecule has 1 aromatic heterocycles. The fourth-order valence-electron chi connectivity index (χ4n) is 2.77. The summed E-state index contributed by atoms with van der Waals surface area (Å²) in [6.07, 6.45) is 0. The zero-order valence-electron chi connectivity index (χ0n) is 18.4. The number of hydrogen-bond donors (Lipinski definition) is 2. The molecule has 0 bridgehead atoms. The molecule has 164 valence electrons. The summed E-state index contributed by atoms with van der Waals surface area (Å²) >= 11 is 0. The zero-order valence-corrected chi connectivity index (χ0v) is 18.4. The molecule has 0 amide bonds. The van der Waals surface area contributed by atoms with E-state index in [1.54, 1.807) is 0 Å². The second kappa shape index (κ2) is 10.0. The summed E-state index contributed by atoms with van der Waals surface area (Å²) < 4.78 is 6.25. The van der Waals surface area contributed by atoms with Crippen molar-refractivity contribution in [3.8, 4) is 17.0 Å². The van der Waals surface area contributed by atoms with Crippen LogP contribution in [0.25, 0.3) is 22.0 Å². The van der Waals surface area contributed by atoms with Crippen molar-refractivity contribution in [1.82, 2.24) is 9.88 Å². The van der Waals surface area contributed by atoms with E-state index in [-0.39, 0.29) is 5.54 Å². The topological polar surface area (TPSA) is 100.0 Å². The van der Waals surface area contributed by atoms with E-state index in [9.17, 15) is 0 Å². The van der Waals surface area contributed by atoms with E-state index in [0.29, 0.717) is 12.5 Å². The molecule has 3 aromatic rings. The normalized spacial score (nSPS) is 11.0. The number of aliphatic carboxylic acids is 2. The highest BCUT2D eigenvalue weighted by atomic mass is 16.5. The number of rotatable bonds is 5. The number of nitrogens with zero attached hydrogens (tertiary/aromatic N) is 2. The third-order valence-corrected chi connectivity index (χ3v) is 5.14. The van der Waals surface area contributed by atoms with E-state index >= 15 is 0 Å². The van der Waals surface area contributed by atoms with Crippen LogP contribution in [-0.4, -0.2) is 58.3 Å². The van der Waals surface area contributed by atoms with E-state index in [0.717, 1.165) is 16.6 Å². The lowest BCUT2D eigenvalue weighted by Crippen LogP contribution is -2.43. The number of ether oxygens (including phenoxy) is 1. The molecule has 0 radical (unpaired) electrons. The summed E-state index contributed by atoms with van der Waals surface area (Å²) in [5.74, 6) is -2.94. The van der Waals surface area contributed by atoms with Crippen LogP contribution in [0.2, 0.25) is 0 Å². The number of carbonyl (C=O) groups is 2. The molecule has 0 aliphatic heterocycles. The molecule has 0 atom stereocenters. The largest absolute Gasteiger partial charge is 0.475 e. The van der Waals surface area contributed by atoms with Gasteiger partial charge in [-0.05, 0) is 52.1 Å². The first-order valence-corrected chi connectivity index (χ1v) is 9.76. The molecule has 2 N–H and O–H groups in total. The van der Waals surface area contributed by atoms with E-state index in [1.165, 1.54) is 10.9 Å². The van der Waals surface area contributed by atoms with Crippen molar-refractivity contribution in [2.75, 3.05) is 20.7 Å². The number of carboxylic acid groups (broad SMARTS) is 2. The Bertz CT molecular complexity index is 1050. The van der Waals surface area contributed by atoms with E-state index in [4.69, 9.17) is 29.5 Å². The summed E-state index contributed by atoms with van der Waals surface area (Å²) in [7, 11) is 4.14. The van der Waals surface area contributed by atoms with Crippen LogP contribution in [0.5, 0.6) is 5.88 Å². The summed E-state index contributed by atoms with van der Waals surface area (Å²) in [5, 5.41) is 15.9. The van der Waals surface area contributed by atoms with Gasteiger partial charge in [0.1, 0.15) is 6.61 Å². The lowest BCUT2D eigenvalue weighted by Gasteiger charge is -2.32. The number of aryl methyl sites for hydroxylation is 1. The van der Waals surface area contributed by atoms with Crippen molar-refractivity contribution >= 4 is 22.8 Å². The van der Waals surface area contributed by atoms with Gasteiger partial charge >= 0.3 is 11.9 Å². The van der Waals surface area contributed by atoms with Crippen molar-refractivity contribution in [1.29, 1.82) is 0 Å². The van der Waals surface area contributed by atoms with Crippen molar-refractivity contribution < 1.29 is 24.5 Å². The maximum absolute atomic E-state index is 9.10. The van der Waals surface area contributed by atoms with Crippen molar-refractivity contribution in [3.05, 3.63) is 60.2 Å². The summed E-state index contributed by atoms with van der Waals surface area (Å²) in [5.41, 5.74) is 4.31. The monoisotopic (exact) mass is 424 g/mol. The summed E-state index contributed by atoms with van der Waals surface area (Å²) in [4.78, 5) is 25.2. The quantitative estimate of drug-likeness (QED) is 0.595. The smallest absolute Gasteiger partial charge is 0.414 e. The number of fused-ring (bicyclic) bond motifs is 1. The van der Waals surface area contributed by atoms with E-state index < -0.39 is 11.9 Å². The predicted octanol–water partition coefficient (Wildman–Crippen LogP) is 4.08. The van der Waals surface area contributed by atoms with Gasteiger partial charge in [0, 0.05) is 16.5 Å². The minimum Gasteiger partial charge on any atom is -0.475 e. The maximum Gasteiger partial charge on any atom is 0.414 e. The molecule has 3 rings (SSSR count). The first kappa shape index (κ1) is 23.8.